The normalized spacial score (nSPS) is 11.7. The van der Waals surface area contributed by atoms with Gasteiger partial charge in [-0.15, -0.1) is 35.3 Å². The van der Waals surface area contributed by atoms with E-state index in [1.165, 1.54) is 0 Å². The Balaban J connectivity index is 0.00000676. The zero-order valence-corrected chi connectivity index (χ0v) is 20.7. The highest BCUT2D eigenvalue weighted by Gasteiger charge is 2.17. The SMILES string of the molecule is CCNC(=NCCc1nc(C(C)(C)C)cs1)NCCC(=O)N(CC)CC.I. The van der Waals surface area contributed by atoms with E-state index in [9.17, 15) is 4.79 Å². The molecule has 0 saturated carbocycles. The first-order chi connectivity index (χ1) is 12.3. The molecule has 0 aromatic carbocycles. The Bertz CT molecular complexity index is 579. The fraction of sp³-hybridized carbons (Fsp3) is 0.737. The molecule has 0 unspecified atom stereocenters. The van der Waals surface area contributed by atoms with Gasteiger partial charge in [-0.1, -0.05) is 20.8 Å². The van der Waals surface area contributed by atoms with Crippen molar-refractivity contribution in [2.75, 3.05) is 32.7 Å². The highest BCUT2D eigenvalue weighted by molar-refractivity contribution is 14.0. The number of halogens is 1. The summed E-state index contributed by atoms with van der Waals surface area (Å²) < 4.78 is 0. The van der Waals surface area contributed by atoms with E-state index in [2.05, 4.69) is 41.8 Å². The van der Waals surface area contributed by atoms with E-state index < -0.39 is 0 Å². The van der Waals surface area contributed by atoms with Crippen LogP contribution in [0.2, 0.25) is 0 Å². The number of hydrogen-bond donors (Lipinski definition) is 2. The molecule has 8 heteroatoms. The van der Waals surface area contributed by atoms with Gasteiger partial charge >= 0.3 is 0 Å². The smallest absolute Gasteiger partial charge is 0.224 e. The Labute approximate surface area is 185 Å². The van der Waals surface area contributed by atoms with Crippen LogP contribution in [0.4, 0.5) is 0 Å². The molecule has 1 heterocycles. The molecule has 0 fully saturated rings. The summed E-state index contributed by atoms with van der Waals surface area (Å²) in [4.78, 5) is 23.2. The Hall–Kier alpha value is -0.900. The summed E-state index contributed by atoms with van der Waals surface area (Å²) in [6.45, 7) is 16.2. The third-order valence-corrected chi connectivity index (χ3v) is 4.92. The molecule has 0 aliphatic heterocycles. The summed E-state index contributed by atoms with van der Waals surface area (Å²) in [5.41, 5.74) is 1.23. The summed E-state index contributed by atoms with van der Waals surface area (Å²) in [7, 11) is 0. The van der Waals surface area contributed by atoms with Gasteiger partial charge in [0, 0.05) is 56.4 Å². The van der Waals surface area contributed by atoms with Gasteiger partial charge in [0.15, 0.2) is 5.96 Å². The van der Waals surface area contributed by atoms with Crippen molar-refractivity contribution in [3.05, 3.63) is 16.1 Å². The number of rotatable bonds is 9. The molecule has 0 atom stereocenters. The molecule has 0 aliphatic carbocycles. The highest BCUT2D eigenvalue weighted by Crippen LogP contribution is 2.23. The van der Waals surface area contributed by atoms with Gasteiger partial charge in [-0.05, 0) is 20.8 Å². The van der Waals surface area contributed by atoms with Gasteiger partial charge in [-0.3, -0.25) is 9.79 Å². The van der Waals surface area contributed by atoms with Gasteiger partial charge in [0.2, 0.25) is 5.91 Å². The van der Waals surface area contributed by atoms with Crippen molar-refractivity contribution in [3.63, 3.8) is 0 Å². The first kappa shape index (κ1) is 26.1. The average Bonchev–Trinajstić information content (AvgIpc) is 3.05. The minimum absolute atomic E-state index is 0. The van der Waals surface area contributed by atoms with Crippen molar-refractivity contribution >= 4 is 47.2 Å². The first-order valence-corrected chi connectivity index (χ1v) is 10.4. The molecule has 1 rings (SSSR count). The van der Waals surface area contributed by atoms with Crippen LogP contribution in [0.15, 0.2) is 10.4 Å². The number of aromatic nitrogens is 1. The second-order valence-corrected chi connectivity index (χ2v) is 8.07. The maximum atomic E-state index is 12.0. The molecule has 1 aromatic rings. The number of guanidine groups is 1. The fourth-order valence-electron chi connectivity index (χ4n) is 2.40. The Morgan fingerprint density at radius 1 is 1.22 bits per heavy atom. The summed E-state index contributed by atoms with van der Waals surface area (Å²) in [5, 5.41) is 9.73. The topological polar surface area (TPSA) is 69.6 Å². The first-order valence-electron chi connectivity index (χ1n) is 9.56. The van der Waals surface area contributed by atoms with Crippen LogP contribution in [0, 0.1) is 0 Å². The lowest BCUT2D eigenvalue weighted by Crippen LogP contribution is -2.40. The van der Waals surface area contributed by atoms with E-state index in [1.807, 2.05) is 25.7 Å². The van der Waals surface area contributed by atoms with Crippen molar-refractivity contribution in [2.45, 2.75) is 59.8 Å². The van der Waals surface area contributed by atoms with Crippen molar-refractivity contribution in [1.29, 1.82) is 0 Å². The minimum atomic E-state index is 0. The standard InChI is InChI=1S/C19H35N5OS.HI/c1-7-20-18(22-13-11-17(25)24(8-2)9-3)21-12-10-16-23-15(14-26-16)19(4,5)6;/h14H,7-13H2,1-6H3,(H2,20,21,22);1H. The molecule has 0 aliphatic rings. The summed E-state index contributed by atoms with van der Waals surface area (Å²) in [6, 6.07) is 0. The maximum absolute atomic E-state index is 12.0. The molecule has 27 heavy (non-hydrogen) atoms. The number of nitrogens with zero attached hydrogens (tertiary/aromatic N) is 3. The van der Waals surface area contributed by atoms with Crippen molar-refractivity contribution < 1.29 is 4.79 Å². The number of carbonyl (C=O) groups is 1. The second kappa shape index (κ2) is 13.3. The maximum Gasteiger partial charge on any atom is 0.224 e. The van der Waals surface area contributed by atoms with Crippen LogP contribution in [0.1, 0.15) is 58.7 Å². The fourth-order valence-corrected chi connectivity index (χ4v) is 3.41. The van der Waals surface area contributed by atoms with Crippen LogP contribution in [-0.4, -0.2) is 54.5 Å². The van der Waals surface area contributed by atoms with Gasteiger partial charge in [-0.2, -0.15) is 0 Å². The number of hydrogen-bond acceptors (Lipinski definition) is 4. The average molecular weight is 510 g/mol. The molecule has 156 valence electrons. The molecular weight excluding hydrogens is 473 g/mol. The van der Waals surface area contributed by atoms with Crippen LogP contribution < -0.4 is 10.6 Å². The number of thiazole rings is 1. The van der Waals surface area contributed by atoms with E-state index in [1.54, 1.807) is 11.3 Å². The quantitative estimate of drug-likeness (QED) is 0.304. The van der Waals surface area contributed by atoms with Crippen molar-refractivity contribution in [2.24, 2.45) is 4.99 Å². The molecule has 0 spiro atoms. The van der Waals surface area contributed by atoms with Gasteiger partial charge in [0.25, 0.3) is 0 Å². The number of nitrogens with one attached hydrogen (secondary N) is 2. The minimum Gasteiger partial charge on any atom is -0.357 e. The molecule has 1 amide bonds. The molecule has 1 aromatic heterocycles. The number of aliphatic imine (C=N–C) groups is 1. The molecule has 6 nitrogen and oxygen atoms in total. The molecular formula is C19H36IN5OS. The summed E-state index contributed by atoms with van der Waals surface area (Å²) in [6.07, 6.45) is 1.31. The zero-order valence-electron chi connectivity index (χ0n) is 17.6. The summed E-state index contributed by atoms with van der Waals surface area (Å²) >= 11 is 1.70. The predicted octanol–water partition coefficient (Wildman–Crippen LogP) is 3.41. The van der Waals surface area contributed by atoms with Crippen LogP contribution in [0.3, 0.4) is 0 Å². The Kier molecular flexibility index (Phi) is 12.9. The molecule has 0 radical (unpaired) electrons. The van der Waals surface area contributed by atoms with Gasteiger partial charge in [0.1, 0.15) is 0 Å². The van der Waals surface area contributed by atoms with Crippen LogP contribution in [0.25, 0.3) is 0 Å². The van der Waals surface area contributed by atoms with Gasteiger partial charge in [0.05, 0.1) is 10.7 Å². The van der Waals surface area contributed by atoms with Crippen LogP contribution in [0.5, 0.6) is 0 Å². The lowest BCUT2D eigenvalue weighted by atomic mass is 9.93. The number of carbonyl (C=O) groups excluding carboxylic acids is 1. The van der Waals surface area contributed by atoms with Gasteiger partial charge in [-0.25, -0.2) is 4.98 Å². The van der Waals surface area contributed by atoms with Crippen molar-refractivity contribution in [3.8, 4) is 0 Å². The van der Waals surface area contributed by atoms with E-state index in [0.29, 0.717) is 19.5 Å². The highest BCUT2D eigenvalue weighted by atomic mass is 127. The van der Waals surface area contributed by atoms with Crippen LogP contribution in [-0.2, 0) is 16.6 Å². The van der Waals surface area contributed by atoms with E-state index >= 15 is 0 Å². The largest absolute Gasteiger partial charge is 0.357 e. The molecule has 0 saturated heterocycles. The third-order valence-electron chi connectivity index (χ3n) is 4.01. The van der Waals surface area contributed by atoms with E-state index in [4.69, 9.17) is 4.98 Å². The van der Waals surface area contributed by atoms with Gasteiger partial charge < -0.3 is 15.5 Å². The lowest BCUT2D eigenvalue weighted by Gasteiger charge is -2.19. The number of amides is 1. The predicted molar refractivity (Wildman–Crippen MR) is 126 cm³/mol. The van der Waals surface area contributed by atoms with Crippen LogP contribution >= 0.6 is 35.3 Å². The Morgan fingerprint density at radius 2 is 1.89 bits per heavy atom. The lowest BCUT2D eigenvalue weighted by molar-refractivity contribution is -0.130. The third kappa shape index (κ3) is 9.73. The molecule has 2 N–H and O–H groups in total. The zero-order chi connectivity index (χ0) is 19.6. The monoisotopic (exact) mass is 509 g/mol. The summed E-state index contributed by atoms with van der Waals surface area (Å²) in [5.74, 6) is 0.934. The molecule has 0 bridgehead atoms. The Morgan fingerprint density at radius 3 is 2.41 bits per heavy atom. The second-order valence-electron chi connectivity index (χ2n) is 7.13. The van der Waals surface area contributed by atoms with Crippen molar-refractivity contribution in [1.82, 2.24) is 20.5 Å². The van der Waals surface area contributed by atoms with E-state index in [0.717, 1.165) is 42.7 Å². The van der Waals surface area contributed by atoms with E-state index in [-0.39, 0.29) is 35.3 Å².